The number of pyridine rings is 1. The monoisotopic (exact) mass is 389 g/mol. The summed E-state index contributed by atoms with van der Waals surface area (Å²) >= 11 is 0. The van der Waals surface area contributed by atoms with Crippen molar-refractivity contribution in [1.29, 1.82) is 0 Å². The topological polar surface area (TPSA) is 66.8 Å². The zero-order chi connectivity index (χ0) is 19.8. The number of ether oxygens (including phenoxy) is 2. The maximum absolute atomic E-state index is 13.0. The van der Waals surface area contributed by atoms with Crippen molar-refractivity contribution < 1.29 is 19.0 Å². The van der Waals surface area contributed by atoms with Gasteiger partial charge in [-0.2, -0.15) is 0 Å². The van der Waals surface area contributed by atoms with Crippen molar-refractivity contribution in [3.63, 3.8) is 0 Å². The molecular formula is C21H28FN3O3. The van der Waals surface area contributed by atoms with Gasteiger partial charge >= 0.3 is 0 Å². The number of anilines is 1. The van der Waals surface area contributed by atoms with E-state index in [0.717, 1.165) is 11.3 Å². The van der Waals surface area contributed by atoms with Gasteiger partial charge in [-0.25, -0.2) is 9.37 Å². The van der Waals surface area contributed by atoms with Gasteiger partial charge in [-0.05, 0) is 43.2 Å². The van der Waals surface area contributed by atoms with Gasteiger partial charge < -0.3 is 24.8 Å². The molecule has 2 heterocycles. The third kappa shape index (κ3) is 5.89. The highest BCUT2D eigenvalue weighted by molar-refractivity contribution is 5.40. The molecule has 1 aliphatic heterocycles. The van der Waals surface area contributed by atoms with Crippen molar-refractivity contribution >= 4 is 5.82 Å². The largest absolute Gasteiger partial charge is 0.491 e. The number of rotatable bonds is 10. The van der Waals surface area contributed by atoms with Crippen LogP contribution in [0.25, 0.3) is 0 Å². The lowest BCUT2D eigenvalue weighted by molar-refractivity contribution is 0.0626. The summed E-state index contributed by atoms with van der Waals surface area (Å²) in [5.41, 5.74) is 0.300. The SMILES string of the molecule is CCOCCOc1ccc(CNCC2(O)CCN(c3ccc(F)cn3)C2)cc1. The van der Waals surface area contributed by atoms with Crippen LogP contribution in [-0.2, 0) is 11.3 Å². The normalized spacial score (nSPS) is 19.2. The first-order chi connectivity index (χ1) is 13.6. The van der Waals surface area contributed by atoms with Crippen molar-refractivity contribution in [2.24, 2.45) is 0 Å². The predicted molar refractivity (Wildman–Crippen MR) is 106 cm³/mol. The number of hydrogen-bond acceptors (Lipinski definition) is 6. The van der Waals surface area contributed by atoms with Crippen molar-refractivity contribution in [2.45, 2.75) is 25.5 Å². The van der Waals surface area contributed by atoms with Crippen LogP contribution in [-0.4, -0.2) is 55.1 Å². The molecule has 1 fully saturated rings. The minimum Gasteiger partial charge on any atom is -0.491 e. The molecule has 0 saturated carbocycles. The first kappa shape index (κ1) is 20.5. The molecule has 1 saturated heterocycles. The van der Waals surface area contributed by atoms with Crippen molar-refractivity contribution in [1.82, 2.24) is 10.3 Å². The Balaban J connectivity index is 1.41. The predicted octanol–water partition coefficient (Wildman–Crippen LogP) is 2.37. The zero-order valence-corrected chi connectivity index (χ0v) is 16.2. The molecule has 1 aromatic heterocycles. The third-order valence-corrected chi connectivity index (χ3v) is 4.78. The van der Waals surface area contributed by atoms with E-state index in [1.165, 1.54) is 12.3 Å². The van der Waals surface area contributed by atoms with E-state index in [9.17, 15) is 9.50 Å². The third-order valence-electron chi connectivity index (χ3n) is 4.78. The van der Waals surface area contributed by atoms with Crippen LogP contribution in [0, 0.1) is 5.82 Å². The second-order valence-electron chi connectivity index (χ2n) is 7.02. The van der Waals surface area contributed by atoms with Gasteiger partial charge in [0.05, 0.1) is 18.4 Å². The summed E-state index contributed by atoms with van der Waals surface area (Å²) in [5, 5.41) is 14.1. The van der Waals surface area contributed by atoms with Gasteiger partial charge in [0.1, 0.15) is 24.0 Å². The number of aliphatic hydroxyl groups is 1. The second-order valence-corrected chi connectivity index (χ2v) is 7.02. The molecule has 0 radical (unpaired) electrons. The Hall–Kier alpha value is -2.22. The lowest BCUT2D eigenvalue weighted by atomic mass is 10.0. The van der Waals surface area contributed by atoms with Crippen LogP contribution in [0.1, 0.15) is 18.9 Å². The summed E-state index contributed by atoms with van der Waals surface area (Å²) in [6, 6.07) is 10.9. The number of aromatic nitrogens is 1. The molecule has 6 nitrogen and oxygen atoms in total. The first-order valence-corrected chi connectivity index (χ1v) is 9.67. The van der Waals surface area contributed by atoms with E-state index in [4.69, 9.17) is 9.47 Å². The van der Waals surface area contributed by atoms with E-state index in [-0.39, 0.29) is 5.82 Å². The highest BCUT2D eigenvalue weighted by atomic mass is 19.1. The van der Waals surface area contributed by atoms with E-state index >= 15 is 0 Å². The summed E-state index contributed by atoms with van der Waals surface area (Å²) < 4.78 is 23.9. The minimum atomic E-state index is -0.821. The van der Waals surface area contributed by atoms with Gasteiger partial charge in [-0.3, -0.25) is 0 Å². The zero-order valence-electron chi connectivity index (χ0n) is 16.2. The standard InChI is InChI=1S/C21H28FN3O3/c1-2-27-11-12-28-19-6-3-17(4-7-19)13-23-15-21(26)9-10-25(16-21)20-8-5-18(22)14-24-20/h3-8,14,23,26H,2,9-13,15-16H2,1H3. The van der Waals surface area contributed by atoms with Gasteiger partial charge in [0.15, 0.2) is 0 Å². The molecule has 0 amide bonds. The highest BCUT2D eigenvalue weighted by Gasteiger charge is 2.36. The molecular weight excluding hydrogens is 361 g/mol. The van der Waals surface area contributed by atoms with Gasteiger partial charge in [-0.15, -0.1) is 0 Å². The lowest BCUT2D eigenvalue weighted by Crippen LogP contribution is -2.43. The van der Waals surface area contributed by atoms with Gasteiger partial charge in [0.2, 0.25) is 0 Å². The van der Waals surface area contributed by atoms with Crippen LogP contribution in [0.5, 0.6) is 5.75 Å². The second kappa shape index (κ2) is 9.82. The molecule has 7 heteroatoms. The number of β-amino-alcohol motifs (C(OH)–C–C–N with tert-alkyl or cyclic N) is 1. The summed E-state index contributed by atoms with van der Waals surface area (Å²) in [6.45, 7) is 6.10. The van der Waals surface area contributed by atoms with E-state index in [1.54, 1.807) is 6.07 Å². The van der Waals surface area contributed by atoms with E-state index in [2.05, 4.69) is 10.3 Å². The molecule has 1 aromatic carbocycles. The van der Waals surface area contributed by atoms with Crippen molar-refractivity contribution in [2.75, 3.05) is 44.4 Å². The summed E-state index contributed by atoms with van der Waals surface area (Å²) in [6.07, 6.45) is 1.85. The maximum Gasteiger partial charge on any atom is 0.141 e. The average Bonchev–Trinajstić information content (AvgIpc) is 3.09. The molecule has 1 atom stereocenters. The first-order valence-electron chi connectivity index (χ1n) is 9.67. The number of halogens is 1. The summed E-state index contributed by atoms with van der Waals surface area (Å²) in [7, 11) is 0. The number of benzene rings is 1. The maximum atomic E-state index is 13.0. The van der Waals surface area contributed by atoms with Crippen LogP contribution in [0.15, 0.2) is 42.6 Å². The molecule has 2 aromatic rings. The van der Waals surface area contributed by atoms with Crippen LogP contribution >= 0.6 is 0 Å². The quantitative estimate of drug-likeness (QED) is 0.608. The van der Waals surface area contributed by atoms with Crippen LogP contribution in [0.4, 0.5) is 10.2 Å². The molecule has 0 spiro atoms. The van der Waals surface area contributed by atoms with Gasteiger partial charge in [0, 0.05) is 32.8 Å². The van der Waals surface area contributed by atoms with Crippen molar-refractivity contribution in [3.8, 4) is 5.75 Å². The van der Waals surface area contributed by atoms with E-state index < -0.39 is 5.60 Å². The Morgan fingerprint density at radius 2 is 2.04 bits per heavy atom. The molecule has 1 aliphatic rings. The smallest absolute Gasteiger partial charge is 0.141 e. The lowest BCUT2D eigenvalue weighted by Gasteiger charge is -2.24. The molecule has 0 aliphatic carbocycles. The fourth-order valence-corrected chi connectivity index (χ4v) is 3.26. The Bertz CT molecular complexity index is 727. The average molecular weight is 389 g/mol. The summed E-state index contributed by atoms with van der Waals surface area (Å²) in [4.78, 5) is 6.07. The molecule has 2 N–H and O–H groups in total. The molecule has 1 unspecified atom stereocenters. The molecule has 152 valence electrons. The fraction of sp³-hybridized carbons (Fsp3) is 0.476. The summed E-state index contributed by atoms with van der Waals surface area (Å²) in [5.74, 6) is 1.16. The number of nitrogens with zero attached hydrogens (tertiary/aromatic N) is 2. The van der Waals surface area contributed by atoms with Crippen molar-refractivity contribution in [3.05, 3.63) is 54.0 Å². The van der Waals surface area contributed by atoms with E-state index in [0.29, 0.717) is 58.2 Å². The minimum absolute atomic E-state index is 0.356. The molecule has 28 heavy (non-hydrogen) atoms. The number of nitrogens with one attached hydrogen (secondary N) is 1. The Kier molecular flexibility index (Phi) is 7.19. The highest BCUT2D eigenvalue weighted by Crippen LogP contribution is 2.25. The van der Waals surface area contributed by atoms with Gasteiger partial charge in [-0.1, -0.05) is 12.1 Å². The molecule has 0 bridgehead atoms. The number of hydrogen-bond donors (Lipinski definition) is 2. The molecule has 3 rings (SSSR count). The van der Waals surface area contributed by atoms with E-state index in [1.807, 2.05) is 36.1 Å². The Morgan fingerprint density at radius 1 is 1.21 bits per heavy atom. The van der Waals surface area contributed by atoms with Gasteiger partial charge in [0.25, 0.3) is 0 Å². The Morgan fingerprint density at radius 3 is 2.75 bits per heavy atom. The Labute approximate surface area is 165 Å². The van der Waals surface area contributed by atoms with Crippen LogP contribution in [0.3, 0.4) is 0 Å². The fourth-order valence-electron chi connectivity index (χ4n) is 3.26. The van der Waals surface area contributed by atoms with Crippen LogP contribution < -0.4 is 15.0 Å². The van der Waals surface area contributed by atoms with Crippen LogP contribution in [0.2, 0.25) is 0 Å².